The molecule has 2 aromatic carbocycles. The molecule has 0 radical (unpaired) electrons. The van der Waals surface area contributed by atoms with Crippen LogP contribution >= 0.6 is 0 Å². The van der Waals surface area contributed by atoms with Crippen LogP contribution in [0.5, 0.6) is 11.5 Å². The highest BCUT2D eigenvalue weighted by molar-refractivity contribution is 6.08. The van der Waals surface area contributed by atoms with Crippen LogP contribution in [-0.2, 0) is 11.2 Å². The molecule has 5 heteroatoms. The lowest BCUT2D eigenvalue weighted by Gasteiger charge is -2.30. The number of rotatable bonds is 4. The summed E-state index contributed by atoms with van der Waals surface area (Å²) in [6.45, 7) is 4.06. The third kappa shape index (κ3) is 3.31. The minimum absolute atomic E-state index is 0.0925. The number of hydrogen-bond donors (Lipinski definition) is 1. The van der Waals surface area contributed by atoms with Gasteiger partial charge in [-0.15, -0.1) is 0 Å². The number of hydrogen-bond acceptors (Lipinski definition) is 5. The van der Waals surface area contributed by atoms with Gasteiger partial charge in [-0.05, 0) is 32.1 Å². The second-order valence-electron chi connectivity index (χ2n) is 7.26. The number of nitrogens with zero attached hydrogens (tertiary/aromatic N) is 1. The molecule has 0 saturated carbocycles. The van der Waals surface area contributed by atoms with Crippen LogP contribution in [0, 0.1) is 0 Å². The quantitative estimate of drug-likeness (QED) is 0.679. The maximum absolute atomic E-state index is 12.8. The Kier molecular flexibility index (Phi) is 4.51. The average Bonchev–Trinajstić information content (AvgIpc) is 2.69. The molecule has 1 aromatic heterocycles. The second-order valence-corrected chi connectivity index (χ2v) is 7.26. The molecule has 0 fully saturated rings. The van der Waals surface area contributed by atoms with Crippen molar-refractivity contribution in [1.82, 2.24) is 4.98 Å². The number of carbonyl (C=O) groups is 1. The standard InChI is InChI=1S/C23H21NO4/c1-23(2)12-10-18-19(22(26)27-14-11-15-7-5-6-13-24-15)20(25)16-8-3-4-9-17(16)21(18)28-23/h3-10,12-13,25H,11,14H2,1-2H3. The maximum atomic E-state index is 12.8. The van der Waals surface area contributed by atoms with Crippen LogP contribution in [0.3, 0.4) is 0 Å². The van der Waals surface area contributed by atoms with E-state index in [1.165, 1.54) is 0 Å². The van der Waals surface area contributed by atoms with Crippen LogP contribution in [0.1, 0.15) is 35.5 Å². The minimum atomic E-state index is -0.580. The van der Waals surface area contributed by atoms with E-state index in [1.807, 2.05) is 62.4 Å². The highest BCUT2D eigenvalue weighted by atomic mass is 16.5. The number of aromatic hydroxyl groups is 1. The van der Waals surface area contributed by atoms with Crippen LogP contribution in [-0.4, -0.2) is 28.3 Å². The monoisotopic (exact) mass is 375 g/mol. The smallest absolute Gasteiger partial charge is 0.342 e. The molecule has 5 nitrogen and oxygen atoms in total. The zero-order valence-electron chi connectivity index (χ0n) is 15.8. The number of pyridine rings is 1. The predicted molar refractivity (Wildman–Crippen MR) is 108 cm³/mol. The summed E-state index contributed by atoms with van der Waals surface area (Å²) in [7, 11) is 0. The first-order chi connectivity index (χ1) is 13.5. The molecule has 0 atom stereocenters. The van der Waals surface area contributed by atoms with E-state index in [2.05, 4.69) is 4.98 Å². The summed E-state index contributed by atoms with van der Waals surface area (Å²) in [4.78, 5) is 17.1. The third-order valence-corrected chi connectivity index (χ3v) is 4.72. The Morgan fingerprint density at radius 3 is 2.64 bits per heavy atom. The Bertz CT molecular complexity index is 1070. The van der Waals surface area contributed by atoms with Crippen molar-refractivity contribution in [2.75, 3.05) is 6.61 Å². The Hall–Kier alpha value is -3.34. The third-order valence-electron chi connectivity index (χ3n) is 4.72. The Labute approximate surface area is 163 Å². The van der Waals surface area contributed by atoms with Crippen molar-refractivity contribution in [3.8, 4) is 11.5 Å². The van der Waals surface area contributed by atoms with Crippen molar-refractivity contribution in [2.24, 2.45) is 0 Å². The summed E-state index contributed by atoms with van der Waals surface area (Å²) in [6, 6.07) is 12.9. The zero-order chi connectivity index (χ0) is 19.7. The molecular formula is C23H21NO4. The molecule has 142 valence electrons. The largest absolute Gasteiger partial charge is 0.506 e. The van der Waals surface area contributed by atoms with Crippen LogP contribution in [0.15, 0.2) is 54.7 Å². The van der Waals surface area contributed by atoms with E-state index >= 15 is 0 Å². The van der Waals surface area contributed by atoms with E-state index < -0.39 is 11.6 Å². The van der Waals surface area contributed by atoms with Crippen LogP contribution in [0.2, 0.25) is 0 Å². The molecule has 0 amide bonds. The van der Waals surface area contributed by atoms with Crippen LogP contribution < -0.4 is 4.74 Å². The fraction of sp³-hybridized carbons (Fsp3) is 0.217. The second kappa shape index (κ2) is 7.00. The molecule has 0 spiro atoms. The SMILES string of the molecule is CC1(C)C=Cc2c(C(=O)OCCc3ccccn3)c(O)c3ccccc3c2O1. The molecular weight excluding hydrogens is 354 g/mol. The number of phenols is 1. The Balaban J connectivity index is 1.70. The van der Waals surface area contributed by atoms with Crippen molar-refractivity contribution in [2.45, 2.75) is 25.9 Å². The molecule has 1 N–H and O–H groups in total. The van der Waals surface area contributed by atoms with E-state index in [1.54, 1.807) is 12.3 Å². The normalized spacial score (nSPS) is 14.4. The van der Waals surface area contributed by atoms with Crippen LogP contribution in [0.4, 0.5) is 0 Å². The van der Waals surface area contributed by atoms with E-state index in [0.717, 1.165) is 11.1 Å². The van der Waals surface area contributed by atoms with Gasteiger partial charge in [-0.25, -0.2) is 4.79 Å². The molecule has 1 aliphatic heterocycles. The van der Waals surface area contributed by atoms with Gasteiger partial charge in [0.25, 0.3) is 0 Å². The lowest BCUT2D eigenvalue weighted by Crippen LogP contribution is -2.28. The summed E-state index contributed by atoms with van der Waals surface area (Å²) in [6.07, 6.45) is 5.89. The Morgan fingerprint density at radius 1 is 1.14 bits per heavy atom. The fourth-order valence-corrected chi connectivity index (χ4v) is 3.33. The first-order valence-electron chi connectivity index (χ1n) is 9.19. The maximum Gasteiger partial charge on any atom is 0.342 e. The van der Waals surface area contributed by atoms with Crippen molar-refractivity contribution in [3.63, 3.8) is 0 Å². The molecule has 4 rings (SSSR count). The van der Waals surface area contributed by atoms with E-state index in [0.29, 0.717) is 23.1 Å². The van der Waals surface area contributed by atoms with Gasteiger partial charge < -0.3 is 14.6 Å². The van der Waals surface area contributed by atoms with Crippen molar-refractivity contribution < 1.29 is 19.4 Å². The van der Waals surface area contributed by atoms with Gasteiger partial charge in [-0.2, -0.15) is 0 Å². The highest BCUT2D eigenvalue weighted by Crippen LogP contribution is 2.44. The number of aromatic nitrogens is 1. The molecule has 3 aromatic rings. The predicted octanol–water partition coefficient (Wildman–Crippen LogP) is 4.52. The fourth-order valence-electron chi connectivity index (χ4n) is 3.33. The molecule has 2 heterocycles. The zero-order valence-corrected chi connectivity index (χ0v) is 15.8. The average molecular weight is 375 g/mol. The van der Waals surface area contributed by atoms with Gasteiger partial charge in [0.05, 0.1) is 6.61 Å². The number of fused-ring (bicyclic) bond motifs is 3. The topological polar surface area (TPSA) is 68.7 Å². The van der Waals surface area contributed by atoms with Crippen molar-refractivity contribution >= 4 is 22.8 Å². The summed E-state index contributed by atoms with van der Waals surface area (Å²) in [5.41, 5.74) is 0.997. The van der Waals surface area contributed by atoms with Crippen molar-refractivity contribution in [3.05, 3.63) is 71.6 Å². The number of carbonyl (C=O) groups excluding carboxylic acids is 1. The molecule has 1 aliphatic rings. The number of ether oxygens (including phenoxy) is 2. The van der Waals surface area contributed by atoms with Gasteiger partial charge in [-0.1, -0.05) is 36.4 Å². The van der Waals surface area contributed by atoms with Gasteiger partial charge in [0.1, 0.15) is 22.7 Å². The van der Waals surface area contributed by atoms with E-state index in [4.69, 9.17) is 9.47 Å². The highest BCUT2D eigenvalue weighted by Gasteiger charge is 2.30. The summed E-state index contributed by atoms with van der Waals surface area (Å²) >= 11 is 0. The van der Waals surface area contributed by atoms with Gasteiger partial charge in [0, 0.05) is 34.6 Å². The molecule has 28 heavy (non-hydrogen) atoms. The molecule has 0 unspecified atom stereocenters. The Morgan fingerprint density at radius 2 is 1.89 bits per heavy atom. The summed E-state index contributed by atoms with van der Waals surface area (Å²) in [5.74, 6) is -0.0916. The summed E-state index contributed by atoms with van der Waals surface area (Å²) < 4.78 is 11.6. The lowest BCUT2D eigenvalue weighted by molar-refractivity contribution is 0.0503. The first-order valence-corrected chi connectivity index (χ1v) is 9.19. The van der Waals surface area contributed by atoms with E-state index in [9.17, 15) is 9.90 Å². The molecule has 0 saturated heterocycles. The number of esters is 1. The van der Waals surface area contributed by atoms with Gasteiger partial charge in [0.15, 0.2) is 0 Å². The number of phenolic OH excluding ortho intramolecular Hbond substituents is 1. The van der Waals surface area contributed by atoms with Crippen molar-refractivity contribution in [1.29, 1.82) is 0 Å². The van der Waals surface area contributed by atoms with Gasteiger partial charge in [-0.3, -0.25) is 4.98 Å². The molecule has 0 bridgehead atoms. The number of benzene rings is 2. The minimum Gasteiger partial charge on any atom is -0.506 e. The summed E-state index contributed by atoms with van der Waals surface area (Å²) in [5, 5.41) is 12.1. The van der Waals surface area contributed by atoms with Gasteiger partial charge in [0.2, 0.25) is 0 Å². The molecule has 0 aliphatic carbocycles. The first kappa shape index (κ1) is 18.0. The van der Waals surface area contributed by atoms with E-state index in [-0.39, 0.29) is 17.9 Å². The lowest BCUT2D eigenvalue weighted by atomic mass is 9.93. The van der Waals surface area contributed by atoms with Gasteiger partial charge >= 0.3 is 5.97 Å². The van der Waals surface area contributed by atoms with Crippen LogP contribution in [0.25, 0.3) is 16.8 Å².